The fourth-order valence-electron chi connectivity index (χ4n) is 3.79. The molecule has 0 aliphatic carbocycles. The molecule has 2 unspecified atom stereocenters. The first kappa shape index (κ1) is 26.0. The van der Waals surface area contributed by atoms with E-state index >= 15 is 0 Å². The highest BCUT2D eigenvalue weighted by Crippen LogP contribution is 2.28. The van der Waals surface area contributed by atoms with Crippen molar-refractivity contribution >= 4 is 56.4 Å². The minimum Gasteiger partial charge on any atom is -0.395 e. The van der Waals surface area contributed by atoms with E-state index in [2.05, 4.69) is 41.9 Å². The molecule has 1 aromatic heterocycles. The Hall–Kier alpha value is -4.09. The molecule has 3 amide bonds. The molecule has 37 heavy (non-hydrogen) atoms. The summed E-state index contributed by atoms with van der Waals surface area (Å²) in [5.41, 5.74) is 3.21. The number of carbonyl (C=O) groups excluding carboxylic acids is 3. The molecule has 0 saturated heterocycles. The third-order valence-electron chi connectivity index (χ3n) is 5.62. The Morgan fingerprint density at radius 3 is 2.57 bits per heavy atom. The van der Waals surface area contributed by atoms with E-state index < -0.39 is 35.3 Å². The number of aliphatic imine (C=N–C) groups is 1. The van der Waals surface area contributed by atoms with Gasteiger partial charge in [0, 0.05) is 30.2 Å². The molecule has 2 aromatic carbocycles. The first-order chi connectivity index (χ1) is 17.9. The van der Waals surface area contributed by atoms with Gasteiger partial charge in [-0.1, -0.05) is 46.3 Å². The molecule has 1 aliphatic heterocycles. The summed E-state index contributed by atoms with van der Waals surface area (Å²) in [4.78, 5) is 48.8. The van der Waals surface area contributed by atoms with E-state index in [1.54, 1.807) is 73.9 Å². The van der Waals surface area contributed by atoms with Gasteiger partial charge >= 0.3 is 6.03 Å². The van der Waals surface area contributed by atoms with E-state index in [0.29, 0.717) is 28.3 Å². The molecule has 2 heterocycles. The van der Waals surface area contributed by atoms with Crippen molar-refractivity contribution in [3.63, 3.8) is 0 Å². The maximum absolute atomic E-state index is 13.7. The number of para-hydroxylation sites is 1. The van der Waals surface area contributed by atoms with Crippen LogP contribution in [-0.4, -0.2) is 64.7 Å². The van der Waals surface area contributed by atoms with Crippen molar-refractivity contribution < 1.29 is 19.5 Å². The van der Waals surface area contributed by atoms with Crippen LogP contribution in [0.1, 0.15) is 11.3 Å². The van der Waals surface area contributed by atoms with Gasteiger partial charge < -0.3 is 26.0 Å². The van der Waals surface area contributed by atoms with Crippen molar-refractivity contribution in [1.29, 1.82) is 0 Å². The number of fused-ring (bicyclic) bond motifs is 1. The molecule has 0 bridgehead atoms. The third-order valence-corrected chi connectivity index (χ3v) is 6.42. The number of halogens is 1. The highest BCUT2D eigenvalue weighted by molar-refractivity contribution is 9.10. The summed E-state index contributed by atoms with van der Waals surface area (Å²) in [6.07, 6.45) is 0.252. The van der Waals surface area contributed by atoms with Crippen molar-refractivity contribution in [3.8, 4) is 0 Å². The van der Waals surface area contributed by atoms with Gasteiger partial charge in [0.2, 0.25) is 6.17 Å². The number of ketones is 1. The third kappa shape index (κ3) is 6.01. The highest BCUT2D eigenvalue weighted by atomic mass is 79.9. The molecule has 10 nitrogen and oxygen atoms in total. The number of amides is 3. The molecule has 4 N–H and O–H groups in total. The summed E-state index contributed by atoms with van der Waals surface area (Å²) >= 11 is 3.14. The number of anilines is 3. The summed E-state index contributed by atoms with van der Waals surface area (Å²) in [7, 11) is 1.76. The number of hydrogen-bond donors (Lipinski definition) is 4. The van der Waals surface area contributed by atoms with Gasteiger partial charge in [0.15, 0.2) is 5.78 Å². The lowest BCUT2D eigenvalue weighted by atomic mass is 10.0. The molecular formula is C26H25BrN6O4. The predicted octanol–water partition coefficient (Wildman–Crippen LogP) is 2.78. The zero-order valence-electron chi connectivity index (χ0n) is 19.9. The maximum atomic E-state index is 13.7. The van der Waals surface area contributed by atoms with Gasteiger partial charge in [-0.25, -0.2) is 9.79 Å². The fraction of sp³-hybridized carbons (Fsp3) is 0.192. The molecule has 2 atom stereocenters. The second-order valence-electron chi connectivity index (χ2n) is 8.08. The number of rotatable bonds is 8. The number of aromatic nitrogens is 1. The number of benzodiazepines with no additional fused rings is 1. The normalized spacial score (nSPS) is 15.6. The average Bonchev–Trinajstić information content (AvgIpc) is 3.03. The van der Waals surface area contributed by atoms with Crippen molar-refractivity contribution in [2.75, 3.05) is 35.7 Å². The zero-order chi connectivity index (χ0) is 26.4. The second kappa shape index (κ2) is 11.8. The van der Waals surface area contributed by atoms with Crippen molar-refractivity contribution in [1.82, 2.24) is 10.3 Å². The van der Waals surface area contributed by atoms with Crippen LogP contribution in [-0.2, 0) is 9.59 Å². The van der Waals surface area contributed by atoms with E-state index in [1.165, 1.54) is 4.90 Å². The molecule has 11 heteroatoms. The Morgan fingerprint density at radius 2 is 1.84 bits per heavy atom. The van der Waals surface area contributed by atoms with Crippen LogP contribution in [0.5, 0.6) is 0 Å². The Labute approximate surface area is 221 Å². The number of Topliss-reactive ketones (excluding diaryl/α,β-unsaturated/α-hetero) is 1. The van der Waals surface area contributed by atoms with Gasteiger partial charge in [0.05, 0.1) is 35.1 Å². The lowest BCUT2D eigenvalue weighted by molar-refractivity contribution is -0.123. The number of aliphatic hydroxyl groups is 1. The van der Waals surface area contributed by atoms with Crippen LogP contribution in [0.2, 0.25) is 0 Å². The maximum Gasteiger partial charge on any atom is 0.321 e. The van der Waals surface area contributed by atoms with Gasteiger partial charge in [-0.2, -0.15) is 0 Å². The molecule has 0 spiro atoms. The number of nitrogens with zero attached hydrogens (tertiary/aromatic N) is 3. The first-order valence-corrected chi connectivity index (χ1v) is 12.4. The molecule has 1 aliphatic rings. The van der Waals surface area contributed by atoms with Crippen LogP contribution in [0.3, 0.4) is 0 Å². The van der Waals surface area contributed by atoms with Gasteiger partial charge in [-0.3, -0.25) is 14.6 Å². The molecule has 4 rings (SSSR count). The van der Waals surface area contributed by atoms with E-state index in [1.807, 2.05) is 6.07 Å². The van der Waals surface area contributed by atoms with Gasteiger partial charge in [-0.15, -0.1) is 0 Å². The SMILES string of the molecule is CNc1cccc(NC(=O)NC2N=C(c3ccccn3)c3ccccc3N(CC(=O)C(Br)CO)C2=O)c1. The molecule has 3 aromatic rings. The van der Waals surface area contributed by atoms with Crippen LogP contribution in [0.25, 0.3) is 0 Å². The van der Waals surface area contributed by atoms with Gasteiger partial charge in [-0.05, 0) is 36.4 Å². The quantitative estimate of drug-likeness (QED) is 0.310. The number of aliphatic hydroxyl groups excluding tert-OH is 1. The number of nitrogens with one attached hydrogen (secondary N) is 3. The summed E-state index contributed by atoms with van der Waals surface area (Å²) < 4.78 is 0. The lowest BCUT2D eigenvalue weighted by Crippen LogP contribution is -2.50. The standard InChI is InChI=1S/C26H25BrN6O4/c1-28-16-7-6-8-17(13-16)30-26(37)32-24-25(36)33(14-22(35)19(27)15-34)21-11-3-2-9-18(21)23(31-24)20-10-4-5-12-29-20/h2-13,19,24,28,34H,14-15H2,1H3,(H2,30,32,37). The van der Waals surface area contributed by atoms with Crippen LogP contribution in [0.15, 0.2) is 77.9 Å². The van der Waals surface area contributed by atoms with E-state index in [9.17, 15) is 19.5 Å². The highest BCUT2D eigenvalue weighted by Gasteiger charge is 2.35. The Bertz CT molecular complexity index is 1330. The van der Waals surface area contributed by atoms with Crippen LogP contribution in [0, 0.1) is 0 Å². The smallest absolute Gasteiger partial charge is 0.321 e. The monoisotopic (exact) mass is 564 g/mol. The van der Waals surface area contributed by atoms with Gasteiger partial charge in [0.1, 0.15) is 0 Å². The number of urea groups is 1. The summed E-state index contributed by atoms with van der Waals surface area (Å²) in [6.45, 7) is -0.755. The van der Waals surface area contributed by atoms with Crippen LogP contribution < -0.4 is 20.9 Å². The number of hydrogen-bond acceptors (Lipinski definition) is 7. The molecule has 0 fully saturated rings. The number of carbonyl (C=O) groups is 3. The summed E-state index contributed by atoms with van der Waals surface area (Å²) in [5, 5.41) is 17.7. The van der Waals surface area contributed by atoms with Gasteiger partial charge in [0.25, 0.3) is 5.91 Å². The van der Waals surface area contributed by atoms with Crippen molar-refractivity contribution in [3.05, 3.63) is 84.2 Å². The second-order valence-corrected chi connectivity index (χ2v) is 9.19. The van der Waals surface area contributed by atoms with E-state index in [4.69, 9.17) is 0 Å². The summed E-state index contributed by atoms with van der Waals surface area (Å²) in [5.74, 6) is -1.01. The topological polar surface area (TPSA) is 136 Å². The Kier molecular flexibility index (Phi) is 8.26. The minimum atomic E-state index is -1.35. The molecule has 0 radical (unpaired) electrons. The largest absolute Gasteiger partial charge is 0.395 e. The van der Waals surface area contributed by atoms with Crippen molar-refractivity contribution in [2.24, 2.45) is 4.99 Å². The molecular weight excluding hydrogens is 540 g/mol. The number of benzene rings is 2. The number of alkyl halides is 1. The lowest BCUT2D eigenvalue weighted by Gasteiger charge is -2.25. The van der Waals surface area contributed by atoms with Crippen molar-refractivity contribution in [2.45, 2.75) is 11.0 Å². The molecule has 0 saturated carbocycles. The van der Waals surface area contributed by atoms with Crippen LogP contribution >= 0.6 is 15.9 Å². The van der Waals surface area contributed by atoms with E-state index in [-0.39, 0.29) is 6.54 Å². The Morgan fingerprint density at radius 1 is 1.08 bits per heavy atom. The Balaban J connectivity index is 1.73. The fourth-order valence-corrected chi connectivity index (χ4v) is 3.94. The average molecular weight is 565 g/mol. The first-order valence-electron chi connectivity index (χ1n) is 11.4. The number of pyridine rings is 1. The summed E-state index contributed by atoms with van der Waals surface area (Å²) in [6, 6.07) is 18.7. The molecule has 190 valence electrons. The van der Waals surface area contributed by atoms with Crippen LogP contribution in [0.4, 0.5) is 21.9 Å². The minimum absolute atomic E-state index is 0.332. The zero-order valence-corrected chi connectivity index (χ0v) is 21.5. The van der Waals surface area contributed by atoms with E-state index in [0.717, 1.165) is 5.69 Å². The predicted molar refractivity (Wildman–Crippen MR) is 145 cm³/mol.